The smallest absolute Gasteiger partial charge is 0.382 e. The van der Waals surface area contributed by atoms with Gasteiger partial charge in [-0.3, -0.25) is 0 Å². The Morgan fingerprint density at radius 3 is 2.12 bits per heavy atom. The second kappa shape index (κ2) is 7.45. The summed E-state index contributed by atoms with van der Waals surface area (Å²) in [6, 6.07) is 14.3. The van der Waals surface area contributed by atoms with Crippen molar-refractivity contribution < 1.29 is 21.6 Å². The van der Waals surface area contributed by atoms with Crippen LogP contribution >= 0.6 is 0 Å². The predicted octanol–water partition coefficient (Wildman–Crippen LogP) is 3.69. The molecule has 25 heavy (non-hydrogen) atoms. The highest BCUT2D eigenvalue weighted by Gasteiger charge is 2.47. The van der Waals surface area contributed by atoms with Crippen LogP contribution in [0.3, 0.4) is 0 Å². The van der Waals surface area contributed by atoms with Crippen LogP contribution in [-0.4, -0.2) is 39.5 Å². The molecule has 0 unspecified atom stereocenters. The lowest BCUT2D eigenvalue weighted by atomic mass is 10.1. The Morgan fingerprint density at radius 2 is 1.56 bits per heavy atom. The first-order valence-corrected chi connectivity index (χ1v) is 8.98. The van der Waals surface area contributed by atoms with Crippen LogP contribution in [0, 0.1) is 0 Å². The summed E-state index contributed by atoms with van der Waals surface area (Å²) in [5.41, 5.74) is -4.44. The number of alkyl halides is 3. The van der Waals surface area contributed by atoms with E-state index >= 15 is 0 Å². The number of rotatable bonds is 6. The highest BCUT2D eigenvalue weighted by atomic mass is 32.2. The molecule has 4 nitrogen and oxygen atoms in total. The molecule has 0 aliphatic rings. The van der Waals surface area contributed by atoms with Crippen molar-refractivity contribution in [3.8, 4) is 0 Å². The van der Waals surface area contributed by atoms with E-state index in [9.17, 15) is 21.6 Å². The summed E-state index contributed by atoms with van der Waals surface area (Å²) in [6.45, 7) is 0.251. The molecule has 0 fully saturated rings. The second-order valence-electron chi connectivity index (χ2n) is 5.72. The zero-order valence-electron chi connectivity index (χ0n) is 13.8. The maximum Gasteiger partial charge on any atom is 0.501 e. The quantitative estimate of drug-likeness (QED) is 0.840. The number of benzene rings is 2. The molecule has 136 valence electrons. The minimum atomic E-state index is -5.42. The lowest BCUT2D eigenvalue weighted by Gasteiger charge is -2.26. The van der Waals surface area contributed by atoms with Gasteiger partial charge in [0.15, 0.2) is 0 Å². The Bertz CT molecular complexity index is 806. The van der Waals surface area contributed by atoms with Crippen LogP contribution in [0.2, 0.25) is 0 Å². The van der Waals surface area contributed by atoms with Gasteiger partial charge in [0.2, 0.25) is 0 Å². The van der Waals surface area contributed by atoms with Gasteiger partial charge in [0.1, 0.15) is 0 Å². The predicted molar refractivity (Wildman–Crippen MR) is 91.0 cm³/mol. The van der Waals surface area contributed by atoms with Crippen molar-refractivity contribution in [2.24, 2.45) is 0 Å². The number of nitrogens with one attached hydrogen (secondary N) is 1. The van der Waals surface area contributed by atoms with E-state index in [1.165, 1.54) is 18.2 Å². The number of nitrogens with zero attached hydrogens (tertiary/aromatic N) is 1. The molecule has 0 heterocycles. The second-order valence-corrected chi connectivity index (χ2v) is 7.63. The third-order valence-corrected chi connectivity index (χ3v) is 5.32. The van der Waals surface area contributed by atoms with Crippen molar-refractivity contribution in [2.45, 2.75) is 16.4 Å². The van der Waals surface area contributed by atoms with Crippen molar-refractivity contribution in [3.63, 3.8) is 0 Å². The van der Waals surface area contributed by atoms with Gasteiger partial charge in [-0.05, 0) is 31.8 Å². The van der Waals surface area contributed by atoms with E-state index in [1.807, 2.05) is 49.3 Å². The van der Waals surface area contributed by atoms with E-state index in [0.29, 0.717) is 0 Å². The first-order chi connectivity index (χ1) is 11.6. The average molecular weight is 372 g/mol. The molecule has 8 heteroatoms. The van der Waals surface area contributed by atoms with Crippen LogP contribution in [0.25, 0.3) is 0 Å². The lowest BCUT2D eigenvalue weighted by molar-refractivity contribution is -0.0435. The number of hydrogen-bond donors (Lipinski definition) is 1. The average Bonchev–Trinajstić information content (AvgIpc) is 2.55. The summed E-state index contributed by atoms with van der Waals surface area (Å²) >= 11 is 0. The molecule has 0 aliphatic carbocycles. The van der Waals surface area contributed by atoms with Gasteiger partial charge < -0.3 is 10.2 Å². The number of likely N-dealkylation sites (N-methyl/N-ethyl adjacent to an activating group) is 1. The Balaban J connectivity index is 2.30. The Labute approximate surface area is 145 Å². The third kappa shape index (κ3) is 4.32. The number of anilines is 1. The molecule has 0 radical (unpaired) electrons. The molecule has 0 amide bonds. The van der Waals surface area contributed by atoms with E-state index in [1.54, 1.807) is 0 Å². The molecule has 0 saturated heterocycles. The summed E-state index contributed by atoms with van der Waals surface area (Å²) in [4.78, 5) is 1.14. The highest BCUT2D eigenvalue weighted by molar-refractivity contribution is 7.92. The van der Waals surface area contributed by atoms with E-state index < -0.39 is 20.2 Å². The number of halogens is 3. The van der Waals surface area contributed by atoms with Crippen molar-refractivity contribution in [3.05, 3.63) is 60.2 Å². The maximum atomic E-state index is 12.9. The van der Waals surface area contributed by atoms with Gasteiger partial charge in [-0.1, -0.05) is 42.5 Å². The minimum Gasteiger partial charge on any atom is -0.382 e. The molecule has 0 aliphatic heterocycles. The van der Waals surface area contributed by atoms with Crippen LogP contribution in [0.1, 0.15) is 11.6 Å². The largest absolute Gasteiger partial charge is 0.501 e. The molecule has 2 aromatic rings. The normalized spacial score (nSPS) is 13.7. The maximum absolute atomic E-state index is 12.9. The highest BCUT2D eigenvalue weighted by Crippen LogP contribution is 2.34. The van der Waals surface area contributed by atoms with Crippen LogP contribution < -0.4 is 5.32 Å². The number of para-hydroxylation sites is 1. The zero-order chi connectivity index (χ0) is 18.7. The SMILES string of the molecule is CN(C)[C@H](CNc1ccccc1S(=O)(=O)C(F)(F)F)c1ccccc1. The standard InChI is InChI=1S/C17H19F3N2O2S/c1-22(2)15(13-8-4-3-5-9-13)12-21-14-10-6-7-11-16(14)25(23,24)17(18,19)20/h3-11,15,21H,12H2,1-2H3/t15-/m1/s1. The first kappa shape index (κ1) is 19.3. The van der Waals surface area contributed by atoms with Crippen molar-refractivity contribution >= 4 is 15.5 Å². The minimum absolute atomic E-state index is 0.0670. The Morgan fingerprint density at radius 1 is 1.00 bits per heavy atom. The molecular formula is C17H19F3N2O2S. The Hall–Kier alpha value is -2.06. The van der Waals surface area contributed by atoms with Crippen LogP contribution in [0.5, 0.6) is 0 Å². The number of hydrogen-bond acceptors (Lipinski definition) is 4. The van der Waals surface area contributed by atoms with Crippen molar-refractivity contribution in [1.29, 1.82) is 0 Å². The molecule has 0 saturated carbocycles. The van der Waals surface area contributed by atoms with Gasteiger partial charge in [0, 0.05) is 6.54 Å². The van der Waals surface area contributed by atoms with E-state index in [0.717, 1.165) is 11.6 Å². The van der Waals surface area contributed by atoms with Gasteiger partial charge in [-0.25, -0.2) is 8.42 Å². The molecule has 1 N–H and O–H groups in total. The molecular weight excluding hydrogens is 353 g/mol. The van der Waals surface area contributed by atoms with Crippen molar-refractivity contribution in [1.82, 2.24) is 4.90 Å². The van der Waals surface area contributed by atoms with Crippen LogP contribution in [0.15, 0.2) is 59.5 Å². The van der Waals surface area contributed by atoms with Gasteiger partial charge in [0.25, 0.3) is 9.84 Å². The lowest BCUT2D eigenvalue weighted by Crippen LogP contribution is -2.28. The monoisotopic (exact) mass is 372 g/mol. The molecule has 2 aromatic carbocycles. The number of sulfone groups is 1. The van der Waals surface area contributed by atoms with Gasteiger partial charge in [-0.2, -0.15) is 13.2 Å². The summed E-state index contributed by atoms with van der Waals surface area (Å²) < 4.78 is 62.1. The van der Waals surface area contributed by atoms with Crippen LogP contribution in [0.4, 0.5) is 18.9 Å². The molecule has 2 rings (SSSR count). The van der Waals surface area contributed by atoms with E-state index in [-0.39, 0.29) is 18.3 Å². The molecule has 1 atom stereocenters. The van der Waals surface area contributed by atoms with Gasteiger partial charge in [0.05, 0.1) is 16.6 Å². The summed E-state index contributed by atoms with van der Waals surface area (Å²) in [6.07, 6.45) is 0. The van der Waals surface area contributed by atoms with E-state index in [4.69, 9.17) is 0 Å². The fourth-order valence-corrected chi connectivity index (χ4v) is 3.39. The first-order valence-electron chi connectivity index (χ1n) is 7.50. The Kier molecular flexibility index (Phi) is 5.74. The van der Waals surface area contributed by atoms with Crippen LogP contribution in [-0.2, 0) is 9.84 Å². The summed E-state index contributed by atoms with van der Waals surface area (Å²) in [5, 5.41) is 2.85. The molecule has 0 spiro atoms. The van der Waals surface area contributed by atoms with Gasteiger partial charge >= 0.3 is 5.51 Å². The van der Waals surface area contributed by atoms with Gasteiger partial charge in [-0.15, -0.1) is 0 Å². The fourth-order valence-electron chi connectivity index (χ4n) is 2.45. The van der Waals surface area contributed by atoms with Crippen molar-refractivity contribution in [2.75, 3.05) is 26.0 Å². The molecule has 0 aromatic heterocycles. The zero-order valence-corrected chi connectivity index (χ0v) is 14.6. The summed E-state index contributed by atoms with van der Waals surface area (Å²) in [5.74, 6) is 0. The molecule has 0 bridgehead atoms. The van der Waals surface area contributed by atoms with E-state index in [2.05, 4.69) is 5.32 Å². The summed E-state index contributed by atoms with van der Waals surface area (Å²) in [7, 11) is -1.73. The topological polar surface area (TPSA) is 49.4 Å². The fraction of sp³-hybridized carbons (Fsp3) is 0.294. The third-order valence-electron chi connectivity index (χ3n) is 3.77.